The van der Waals surface area contributed by atoms with Crippen molar-refractivity contribution in [3.8, 4) is 0 Å². The van der Waals surface area contributed by atoms with Crippen molar-refractivity contribution >= 4 is 11.8 Å². The van der Waals surface area contributed by atoms with Gasteiger partial charge in [0.1, 0.15) is 0 Å². The largest absolute Gasteiger partial charge is 0.459 e. The molecule has 5 nitrogen and oxygen atoms in total. The number of benzene rings is 1. The van der Waals surface area contributed by atoms with Crippen LogP contribution in [0, 0.1) is 0 Å². The summed E-state index contributed by atoms with van der Waals surface area (Å²) in [6.45, 7) is 8.94. The lowest BCUT2D eigenvalue weighted by Crippen LogP contribution is -2.29. The van der Waals surface area contributed by atoms with Crippen LogP contribution >= 0.6 is 0 Å². The number of rotatable bonds is 7. The van der Waals surface area contributed by atoms with Crippen LogP contribution in [0.5, 0.6) is 0 Å². The van der Waals surface area contributed by atoms with Gasteiger partial charge in [0, 0.05) is 13.0 Å². The van der Waals surface area contributed by atoms with Gasteiger partial charge in [0.15, 0.2) is 5.76 Å². The Morgan fingerprint density at radius 3 is 2.38 bits per heavy atom. The number of furan rings is 1. The van der Waals surface area contributed by atoms with Crippen molar-refractivity contribution in [2.45, 2.75) is 52.0 Å². The lowest BCUT2D eigenvalue weighted by molar-refractivity contribution is -0.121. The van der Waals surface area contributed by atoms with Crippen LogP contribution in [-0.4, -0.2) is 18.4 Å². The van der Waals surface area contributed by atoms with Gasteiger partial charge in [-0.15, -0.1) is 0 Å². The van der Waals surface area contributed by atoms with E-state index in [4.69, 9.17) is 4.42 Å². The molecule has 0 spiro atoms. The van der Waals surface area contributed by atoms with Crippen molar-refractivity contribution in [2.75, 3.05) is 6.54 Å². The molecule has 5 heteroatoms. The fourth-order valence-electron chi connectivity index (χ4n) is 2.61. The van der Waals surface area contributed by atoms with Gasteiger partial charge in [-0.1, -0.05) is 45.0 Å². The third-order valence-corrected chi connectivity index (χ3v) is 4.27. The quantitative estimate of drug-likeness (QED) is 0.738. The van der Waals surface area contributed by atoms with E-state index in [1.807, 2.05) is 6.92 Å². The van der Waals surface area contributed by atoms with E-state index < -0.39 is 0 Å². The van der Waals surface area contributed by atoms with Gasteiger partial charge in [0.2, 0.25) is 5.91 Å². The molecule has 140 valence electrons. The van der Waals surface area contributed by atoms with Gasteiger partial charge < -0.3 is 15.1 Å². The molecular weight excluding hydrogens is 328 g/mol. The van der Waals surface area contributed by atoms with Crippen LogP contribution < -0.4 is 10.6 Å². The summed E-state index contributed by atoms with van der Waals surface area (Å²) < 4.78 is 5.01. The molecule has 2 rings (SSSR count). The summed E-state index contributed by atoms with van der Waals surface area (Å²) in [4.78, 5) is 23.8. The van der Waals surface area contributed by atoms with Gasteiger partial charge in [-0.3, -0.25) is 9.59 Å². The second-order valence-electron chi connectivity index (χ2n) is 7.50. The first-order valence-electron chi connectivity index (χ1n) is 8.99. The van der Waals surface area contributed by atoms with Gasteiger partial charge in [0.05, 0.1) is 12.3 Å². The van der Waals surface area contributed by atoms with E-state index in [0.717, 1.165) is 5.56 Å². The molecule has 0 aliphatic heterocycles. The maximum Gasteiger partial charge on any atom is 0.286 e. The highest BCUT2D eigenvalue weighted by Crippen LogP contribution is 2.23. The van der Waals surface area contributed by atoms with E-state index in [2.05, 4.69) is 55.7 Å². The molecule has 0 saturated carbocycles. The van der Waals surface area contributed by atoms with E-state index in [0.29, 0.717) is 19.4 Å². The van der Waals surface area contributed by atoms with Gasteiger partial charge in [-0.05, 0) is 42.0 Å². The van der Waals surface area contributed by atoms with Crippen molar-refractivity contribution in [3.63, 3.8) is 0 Å². The Morgan fingerprint density at radius 1 is 1.12 bits per heavy atom. The minimum absolute atomic E-state index is 0.0235. The topological polar surface area (TPSA) is 71.3 Å². The normalized spacial score (nSPS) is 12.5. The molecular formula is C21H28N2O3. The molecule has 0 bridgehead atoms. The van der Waals surface area contributed by atoms with Gasteiger partial charge in [-0.2, -0.15) is 0 Å². The van der Waals surface area contributed by atoms with E-state index in [1.54, 1.807) is 12.1 Å². The maximum atomic E-state index is 12.1. The molecule has 0 saturated heterocycles. The van der Waals surface area contributed by atoms with Gasteiger partial charge in [0.25, 0.3) is 5.91 Å². The zero-order valence-electron chi connectivity index (χ0n) is 16.0. The summed E-state index contributed by atoms with van der Waals surface area (Å²) in [6, 6.07) is 11.6. The molecule has 0 aliphatic carbocycles. The molecule has 1 atom stereocenters. The molecule has 1 aromatic carbocycles. The predicted octanol–water partition coefficient (Wildman–Crippen LogP) is 3.96. The average molecular weight is 356 g/mol. The number of hydrogen-bond donors (Lipinski definition) is 2. The first-order valence-corrected chi connectivity index (χ1v) is 8.99. The number of nitrogens with one attached hydrogen (secondary N) is 2. The van der Waals surface area contributed by atoms with E-state index >= 15 is 0 Å². The highest BCUT2D eigenvalue weighted by Gasteiger charge is 2.15. The Morgan fingerprint density at radius 2 is 1.81 bits per heavy atom. The standard InChI is InChI=1S/C21H28N2O3/c1-15(16-9-11-17(12-10-16)21(2,3)4)23-19(24)8-5-13-22-20(25)18-7-6-14-26-18/h6-7,9-12,14-15H,5,8,13H2,1-4H3,(H,22,25)(H,23,24). The van der Waals surface area contributed by atoms with Crippen LogP contribution in [0.4, 0.5) is 0 Å². The predicted molar refractivity (Wildman–Crippen MR) is 102 cm³/mol. The zero-order chi connectivity index (χ0) is 19.2. The van der Waals surface area contributed by atoms with E-state index in [9.17, 15) is 9.59 Å². The number of carbonyl (C=O) groups is 2. The molecule has 1 aromatic heterocycles. The third-order valence-electron chi connectivity index (χ3n) is 4.27. The first kappa shape index (κ1) is 19.8. The van der Waals surface area contributed by atoms with Crippen LogP contribution in [-0.2, 0) is 10.2 Å². The Hall–Kier alpha value is -2.56. The molecule has 26 heavy (non-hydrogen) atoms. The van der Waals surface area contributed by atoms with Gasteiger partial charge in [-0.25, -0.2) is 0 Å². The maximum absolute atomic E-state index is 12.1. The second kappa shape index (κ2) is 8.70. The minimum atomic E-state index is -0.261. The van der Waals surface area contributed by atoms with Crippen molar-refractivity contribution in [1.82, 2.24) is 10.6 Å². The number of carbonyl (C=O) groups excluding carboxylic acids is 2. The Kier molecular flexibility index (Phi) is 6.61. The molecule has 2 amide bonds. The van der Waals surface area contributed by atoms with Crippen LogP contribution in [0.3, 0.4) is 0 Å². The molecule has 1 heterocycles. The summed E-state index contributed by atoms with van der Waals surface area (Å²) in [5.41, 5.74) is 2.47. The molecule has 2 N–H and O–H groups in total. The number of amides is 2. The van der Waals surface area contributed by atoms with Crippen LogP contribution in [0.2, 0.25) is 0 Å². The second-order valence-corrected chi connectivity index (χ2v) is 7.50. The van der Waals surface area contributed by atoms with E-state index in [1.165, 1.54) is 11.8 Å². The summed E-state index contributed by atoms with van der Waals surface area (Å²) in [6.07, 6.45) is 2.40. The minimum Gasteiger partial charge on any atom is -0.459 e. The Balaban J connectivity index is 1.72. The molecule has 0 fully saturated rings. The van der Waals surface area contributed by atoms with Crippen molar-refractivity contribution in [2.24, 2.45) is 0 Å². The molecule has 0 aliphatic rings. The number of hydrogen-bond acceptors (Lipinski definition) is 3. The van der Waals surface area contributed by atoms with Crippen LogP contribution in [0.15, 0.2) is 47.1 Å². The Bertz CT molecular complexity index is 713. The summed E-state index contributed by atoms with van der Waals surface area (Å²) in [5, 5.41) is 5.73. The van der Waals surface area contributed by atoms with Crippen LogP contribution in [0.25, 0.3) is 0 Å². The van der Waals surface area contributed by atoms with E-state index in [-0.39, 0.29) is 29.0 Å². The lowest BCUT2D eigenvalue weighted by Gasteiger charge is -2.20. The van der Waals surface area contributed by atoms with Crippen molar-refractivity contribution in [3.05, 3.63) is 59.5 Å². The van der Waals surface area contributed by atoms with Gasteiger partial charge >= 0.3 is 0 Å². The zero-order valence-corrected chi connectivity index (χ0v) is 16.0. The first-order chi connectivity index (χ1) is 12.3. The SMILES string of the molecule is CC(NC(=O)CCCNC(=O)c1ccco1)c1ccc(C(C)(C)C)cc1. The van der Waals surface area contributed by atoms with Crippen molar-refractivity contribution < 1.29 is 14.0 Å². The monoisotopic (exact) mass is 356 g/mol. The highest BCUT2D eigenvalue weighted by molar-refractivity contribution is 5.91. The Labute approximate surface area is 155 Å². The average Bonchev–Trinajstić information content (AvgIpc) is 3.12. The summed E-state index contributed by atoms with van der Waals surface area (Å²) >= 11 is 0. The lowest BCUT2D eigenvalue weighted by atomic mass is 9.86. The fraction of sp³-hybridized carbons (Fsp3) is 0.429. The molecule has 2 aromatic rings. The third kappa shape index (κ3) is 5.76. The molecule has 0 radical (unpaired) electrons. The van der Waals surface area contributed by atoms with Crippen LogP contribution in [0.1, 0.15) is 68.3 Å². The highest BCUT2D eigenvalue weighted by atomic mass is 16.3. The summed E-state index contributed by atoms with van der Waals surface area (Å²) in [5.74, 6) is -0.00543. The fourth-order valence-corrected chi connectivity index (χ4v) is 2.61. The summed E-state index contributed by atoms with van der Waals surface area (Å²) in [7, 11) is 0. The smallest absolute Gasteiger partial charge is 0.286 e. The van der Waals surface area contributed by atoms with Crippen molar-refractivity contribution in [1.29, 1.82) is 0 Å². The molecule has 1 unspecified atom stereocenters.